The number of carbonyl (C=O) groups is 1. The number of nitrogens with zero attached hydrogens (tertiary/aromatic N) is 3. The maximum absolute atomic E-state index is 12.2. The minimum atomic E-state index is -0.107. The molecular formula is C19H18BrClN4OS. The van der Waals surface area contributed by atoms with Crippen LogP contribution < -0.4 is 5.32 Å². The molecule has 2 aromatic carbocycles. The summed E-state index contributed by atoms with van der Waals surface area (Å²) < 4.78 is 2.79. The monoisotopic (exact) mass is 464 g/mol. The molecule has 1 heterocycles. The van der Waals surface area contributed by atoms with Crippen molar-refractivity contribution in [1.29, 1.82) is 0 Å². The van der Waals surface area contributed by atoms with Gasteiger partial charge in [0.05, 0.1) is 10.8 Å². The number of benzene rings is 2. The summed E-state index contributed by atoms with van der Waals surface area (Å²) in [5, 5.41) is 12.8. The van der Waals surface area contributed by atoms with E-state index in [0.29, 0.717) is 17.1 Å². The maximum atomic E-state index is 12.2. The number of thioether (sulfide) groups is 1. The van der Waals surface area contributed by atoms with Gasteiger partial charge in [0.1, 0.15) is 5.82 Å². The van der Waals surface area contributed by atoms with Crippen molar-refractivity contribution in [2.24, 2.45) is 0 Å². The van der Waals surface area contributed by atoms with E-state index < -0.39 is 0 Å². The minimum absolute atomic E-state index is 0.107. The second-order valence-electron chi connectivity index (χ2n) is 5.77. The molecule has 5 nitrogen and oxygen atoms in total. The van der Waals surface area contributed by atoms with Crippen molar-refractivity contribution >= 4 is 50.9 Å². The molecule has 27 heavy (non-hydrogen) atoms. The van der Waals surface area contributed by atoms with Gasteiger partial charge in [-0.2, -0.15) is 0 Å². The summed E-state index contributed by atoms with van der Waals surface area (Å²) in [7, 11) is 0. The highest BCUT2D eigenvalue weighted by Crippen LogP contribution is 2.26. The van der Waals surface area contributed by atoms with E-state index >= 15 is 0 Å². The molecule has 1 N–H and O–H groups in total. The molecule has 1 amide bonds. The molecule has 0 saturated heterocycles. The van der Waals surface area contributed by atoms with Crippen LogP contribution in [0.25, 0.3) is 0 Å². The zero-order valence-electron chi connectivity index (χ0n) is 14.7. The second kappa shape index (κ2) is 9.39. The van der Waals surface area contributed by atoms with Crippen LogP contribution in [0.1, 0.15) is 18.3 Å². The van der Waals surface area contributed by atoms with Crippen LogP contribution in [0.2, 0.25) is 5.02 Å². The third-order valence-corrected chi connectivity index (χ3v) is 6.03. The Morgan fingerprint density at radius 1 is 1.22 bits per heavy atom. The summed E-state index contributed by atoms with van der Waals surface area (Å²) in [6.07, 6.45) is 0.716. The van der Waals surface area contributed by atoms with Gasteiger partial charge < -0.3 is 9.88 Å². The Bertz CT molecular complexity index is 933. The number of nitrogens with one attached hydrogen (secondary N) is 1. The van der Waals surface area contributed by atoms with Crippen LogP contribution in [0, 0.1) is 0 Å². The Morgan fingerprint density at radius 3 is 2.70 bits per heavy atom. The van der Waals surface area contributed by atoms with Crippen LogP contribution in [-0.4, -0.2) is 26.4 Å². The fraction of sp³-hybridized carbons (Fsp3) is 0.211. The number of hydrogen-bond donors (Lipinski definition) is 1. The molecular weight excluding hydrogens is 448 g/mol. The first-order chi connectivity index (χ1) is 13.1. The fourth-order valence-electron chi connectivity index (χ4n) is 2.55. The van der Waals surface area contributed by atoms with E-state index in [0.717, 1.165) is 22.0 Å². The number of aromatic nitrogens is 3. The molecule has 3 aromatic rings. The molecule has 0 aliphatic rings. The Balaban J connectivity index is 1.62. The summed E-state index contributed by atoms with van der Waals surface area (Å²) in [4.78, 5) is 12.2. The van der Waals surface area contributed by atoms with E-state index in [1.807, 2.05) is 29.7 Å². The number of halogens is 2. The lowest BCUT2D eigenvalue weighted by Gasteiger charge is -2.08. The minimum Gasteiger partial charge on any atom is -0.325 e. The molecule has 0 aliphatic heterocycles. The van der Waals surface area contributed by atoms with Crippen molar-refractivity contribution in [1.82, 2.24) is 14.8 Å². The molecule has 3 rings (SSSR count). The number of rotatable bonds is 7. The van der Waals surface area contributed by atoms with E-state index in [1.165, 1.54) is 17.3 Å². The van der Waals surface area contributed by atoms with Crippen molar-refractivity contribution in [2.75, 3.05) is 11.1 Å². The number of carbonyl (C=O) groups excluding carboxylic acids is 1. The SMILES string of the molecule is CCn1c(Cc2ccccc2)nnc1SCC(=O)Nc1ccc(Cl)c(Br)c1. The third-order valence-electron chi connectivity index (χ3n) is 3.85. The molecule has 0 aliphatic carbocycles. The molecule has 0 bridgehead atoms. The van der Waals surface area contributed by atoms with E-state index in [-0.39, 0.29) is 11.7 Å². The highest BCUT2D eigenvalue weighted by Gasteiger charge is 2.14. The van der Waals surface area contributed by atoms with Crippen LogP contribution >= 0.6 is 39.3 Å². The van der Waals surface area contributed by atoms with E-state index in [4.69, 9.17) is 11.6 Å². The topological polar surface area (TPSA) is 59.8 Å². The molecule has 0 unspecified atom stereocenters. The van der Waals surface area contributed by atoms with E-state index in [9.17, 15) is 4.79 Å². The zero-order valence-corrected chi connectivity index (χ0v) is 17.8. The first-order valence-corrected chi connectivity index (χ1v) is 10.6. The lowest BCUT2D eigenvalue weighted by atomic mass is 10.1. The Morgan fingerprint density at radius 2 is 2.00 bits per heavy atom. The van der Waals surface area contributed by atoms with Crippen LogP contribution in [0.3, 0.4) is 0 Å². The van der Waals surface area contributed by atoms with Crippen molar-refractivity contribution in [3.8, 4) is 0 Å². The fourth-order valence-corrected chi connectivity index (χ4v) is 3.87. The van der Waals surface area contributed by atoms with Crippen molar-refractivity contribution in [3.63, 3.8) is 0 Å². The van der Waals surface area contributed by atoms with Gasteiger partial charge in [-0.25, -0.2) is 0 Å². The smallest absolute Gasteiger partial charge is 0.234 e. The molecule has 0 saturated carbocycles. The predicted molar refractivity (Wildman–Crippen MR) is 113 cm³/mol. The third kappa shape index (κ3) is 5.34. The summed E-state index contributed by atoms with van der Waals surface area (Å²) in [6, 6.07) is 15.4. The van der Waals surface area contributed by atoms with Crippen LogP contribution in [0.4, 0.5) is 5.69 Å². The molecule has 0 fully saturated rings. The summed E-state index contributed by atoms with van der Waals surface area (Å²) >= 11 is 10.7. The van der Waals surface area contributed by atoms with Gasteiger partial charge in [-0.1, -0.05) is 53.7 Å². The van der Waals surface area contributed by atoms with Gasteiger partial charge in [0.2, 0.25) is 5.91 Å². The summed E-state index contributed by atoms with van der Waals surface area (Å²) in [5.41, 5.74) is 1.88. The lowest BCUT2D eigenvalue weighted by Crippen LogP contribution is -2.14. The Hall–Kier alpha value is -1.83. The summed E-state index contributed by atoms with van der Waals surface area (Å²) in [5.74, 6) is 1.04. The normalized spacial score (nSPS) is 10.8. The number of hydrogen-bond acceptors (Lipinski definition) is 4. The highest BCUT2D eigenvalue weighted by atomic mass is 79.9. The Kier molecular flexibility index (Phi) is 6.93. The standard InChI is InChI=1S/C19H18BrClN4OS/c1-2-25-17(10-13-6-4-3-5-7-13)23-24-19(25)27-12-18(26)22-14-8-9-16(21)15(20)11-14/h3-9,11H,2,10,12H2,1H3,(H,22,26). The number of anilines is 1. The van der Waals surface area contributed by atoms with Gasteiger partial charge in [0, 0.05) is 23.1 Å². The molecule has 0 atom stereocenters. The van der Waals surface area contributed by atoms with Gasteiger partial charge in [0.15, 0.2) is 5.16 Å². The quantitative estimate of drug-likeness (QED) is 0.497. The molecule has 8 heteroatoms. The first-order valence-electron chi connectivity index (χ1n) is 8.40. The first kappa shape index (κ1) is 19.9. The van der Waals surface area contributed by atoms with Crippen molar-refractivity contribution in [3.05, 3.63) is 69.4 Å². The molecule has 140 valence electrons. The Labute approximate surface area is 175 Å². The average molecular weight is 466 g/mol. The van der Waals surface area contributed by atoms with Crippen molar-refractivity contribution in [2.45, 2.75) is 25.0 Å². The predicted octanol–water partition coefficient (Wildman–Crippen LogP) is 5.04. The lowest BCUT2D eigenvalue weighted by molar-refractivity contribution is -0.113. The molecule has 0 radical (unpaired) electrons. The van der Waals surface area contributed by atoms with E-state index in [1.54, 1.807) is 18.2 Å². The van der Waals surface area contributed by atoms with Crippen molar-refractivity contribution < 1.29 is 4.79 Å². The second-order valence-corrected chi connectivity index (χ2v) is 7.98. The molecule has 1 aromatic heterocycles. The maximum Gasteiger partial charge on any atom is 0.234 e. The number of amides is 1. The van der Waals surface area contributed by atoms with Gasteiger partial charge in [0.25, 0.3) is 0 Å². The van der Waals surface area contributed by atoms with Gasteiger partial charge in [-0.3, -0.25) is 4.79 Å². The highest BCUT2D eigenvalue weighted by molar-refractivity contribution is 9.10. The van der Waals surface area contributed by atoms with Crippen LogP contribution in [-0.2, 0) is 17.8 Å². The van der Waals surface area contributed by atoms with Gasteiger partial charge in [-0.15, -0.1) is 10.2 Å². The van der Waals surface area contributed by atoms with Crippen LogP contribution in [0.5, 0.6) is 0 Å². The largest absolute Gasteiger partial charge is 0.325 e. The van der Waals surface area contributed by atoms with Gasteiger partial charge >= 0.3 is 0 Å². The van der Waals surface area contributed by atoms with E-state index in [2.05, 4.69) is 43.6 Å². The van der Waals surface area contributed by atoms with Gasteiger partial charge in [-0.05, 0) is 46.6 Å². The van der Waals surface area contributed by atoms with Crippen LogP contribution in [0.15, 0.2) is 58.2 Å². The zero-order chi connectivity index (χ0) is 19.2. The average Bonchev–Trinajstić information content (AvgIpc) is 3.05. The molecule has 0 spiro atoms. The summed E-state index contributed by atoms with van der Waals surface area (Å²) in [6.45, 7) is 2.80.